The van der Waals surface area contributed by atoms with E-state index in [9.17, 15) is 14.9 Å². The molecule has 0 unspecified atom stereocenters. The van der Waals surface area contributed by atoms with Gasteiger partial charge in [0.2, 0.25) is 5.91 Å². The fraction of sp³-hybridized carbons (Fsp3) is 0.357. The Kier molecular flexibility index (Phi) is 4.47. The van der Waals surface area contributed by atoms with Gasteiger partial charge >= 0.3 is 0 Å². The molecule has 1 heterocycles. The standard InChI is InChI=1S/C14H17N3O3/c1-15-8-10-16(11-9-15)14(18)7-6-12-4-2-3-5-13(12)17(19)20/h2-7H,8-11H2,1H3/p+1/b7-6+. The number of hydrogen-bond acceptors (Lipinski definition) is 3. The minimum atomic E-state index is -0.441. The van der Waals surface area contributed by atoms with Crippen LogP contribution in [-0.4, -0.2) is 49.0 Å². The Bertz CT molecular complexity index is 534. The summed E-state index contributed by atoms with van der Waals surface area (Å²) in [5.41, 5.74) is 0.463. The minimum Gasteiger partial charge on any atom is -0.334 e. The second-order valence-corrected chi connectivity index (χ2v) is 4.93. The van der Waals surface area contributed by atoms with Crippen LogP contribution in [0.15, 0.2) is 30.3 Å². The van der Waals surface area contributed by atoms with Crippen molar-refractivity contribution in [3.8, 4) is 0 Å². The maximum absolute atomic E-state index is 12.0. The number of likely N-dealkylation sites (N-methyl/N-ethyl adjacent to an activating group) is 1. The highest BCUT2D eigenvalue weighted by molar-refractivity contribution is 5.92. The van der Waals surface area contributed by atoms with E-state index in [-0.39, 0.29) is 11.6 Å². The van der Waals surface area contributed by atoms with Crippen LogP contribution in [-0.2, 0) is 4.79 Å². The number of nitrogens with one attached hydrogen (secondary N) is 1. The second kappa shape index (κ2) is 6.29. The van der Waals surface area contributed by atoms with Gasteiger partial charge < -0.3 is 9.80 Å². The van der Waals surface area contributed by atoms with E-state index in [1.807, 2.05) is 0 Å². The first-order valence-electron chi connectivity index (χ1n) is 6.59. The van der Waals surface area contributed by atoms with Crippen molar-refractivity contribution in [2.45, 2.75) is 0 Å². The Balaban J connectivity index is 2.06. The number of nitro groups is 1. The van der Waals surface area contributed by atoms with Gasteiger partial charge in [-0.3, -0.25) is 14.9 Å². The van der Waals surface area contributed by atoms with Crippen LogP contribution >= 0.6 is 0 Å². The van der Waals surface area contributed by atoms with Crippen LogP contribution in [0, 0.1) is 10.1 Å². The molecule has 1 amide bonds. The summed E-state index contributed by atoms with van der Waals surface area (Å²) in [6, 6.07) is 6.40. The molecule has 0 radical (unpaired) electrons. The number of amides is 1. The third-order valence-corrected chi connectivity index (χ3v) is 3.47. The Hall–Kier alpha value is -2.21. The average Bonchev–Trinajstić information content (AvgIpc) is 2.45. The van der Waals surface area contributed by atoms with E-state index >= 15 is 0 Å². The molecule has 106 valence electrons. The van der Waals surface area contributed by atoms with Crippen LogP contribution in [0.2, 0.25) is 0 Å². The zero-order valence-electron chi connectivity index (χ0n) is 11.4. The van der Waals surface area contributed by atoms with Crippen LogP contribution in [0.3, 0.4) is 0 Å². The van der Waals surface area contributed by atoms with E-state index in [1.54, 1.807) is 23.1 Å². The molecule has 0 atom stereocenters. The van der Waals surface area contributed by atoms with Crippen molar-refractivity contribution in [1.82, 2.24) is 4.90 Å². The monoisotopic (exact) mass is 276 g/mol. The number of carbonyl (C=O) groups is 1. The second-order valence-electron chi connectivity index (χ2n) is 4.93. The SMILES string of the molecule is C[NH+]1CCN(C(=O)/C=C/c2ccccc2[N+](=O)[O-])CC1. The first-order chi connectivity index (χ1) is 9.58. The molecule has 1 aliphatic rings. The van der Waals surface area contributed by atoms with Crippen LogP contribution in [0.25, 0.3) is 6.08 Å². The molecule has 1 aliphatic heterocycles. The van der Waals surface area contributed by atoms with E-state index < -0.39 is 4.92 Å². The molecular formula is C14H18N3O3+. The fourth-order valence-electron chi connectivity index (χ4n) is 2.17. The quantitative estimate of drug-likeness (QED) is 0.479. The van der Waals surface area contributed by atoms with Gasteiger partial charge in [0.15, 0.2) is 0 Å². The number of benzene rings is 1. The van der Waals surface area contributed by atoms with Crippen LogP contribution < -0.4 is 4.90 Å². The Morgan fingerprint density at radius 2 is 2.00 bits per heavy atom. The van der Waals surface area contributed by atoms with Crippen molar-refractivity contribution in [3.63, 3.8) is 0 Å². The summed E-state index contributed by atoms with van der Waals surface area (Å²) in [6.07, 6.45) is 2.94. The fourth-order valence-corrected chi connectivity index (χ4v) is 2.17. The van der Waals surface area contributed by atoms with Crippen molar-refractivity contribution < 1.29 is 14.6 Å². The van der Waals surface area contributed by atoms with Crippen molar-refractivity contribution >= 4 is 17.7 Å². The summed E-state index contributed by atoms with van der Waals surface area (Å²) < 4.78 is 0. The molecule has 1 N–H and O–H groups in total. The highest BCUT2D eigenvalue weighted by Gasteiger charge is 2.19. The van der Waals surface area contributed by atoms with E-state index in [2.05, 4.69) is 7.05 Å². The topological polar surface area (TPSA) is 67.9 Å². The summed E-state index contributed by atoms with van der Waals surface area (Å²) in [5, 5.41) is 10.9. The summed E-state index contributed by atoms with van der Waals surface area (Å²) in [4.78, 5) is 25.6. The lowest BCUT2D eigenvalue weighted by Crippen LogP contribution is -3.12. The summed E-state index contributed by atoms with van der Waals surface area (Å²) >= 11 is 0. The largest absolute Gasteiger partial charge is 0.334 e. The van der Waals surface area contributed by atoms with E-state index in [1.165, 1.54) is 23.1 Å². The maximum Gasteiger partial charge on any atom is 0.276 e. The van der Waals surface area contributed by atoms with Gasteiger partial charge in [-0.25, -0.2) is 0 Å². The molecule has 1 aromatic rings. The number of rotatable bonds is 3. The number of para-hydroxylation sites is 1. The molecule has 0 spiro atoms. The summed E-state index contributed by atoms with van der Waals surface area (Å²) in [6.45, 7) is 3.33. The van der Waals surface area contributed by atoms with Gasteiger partial charge in [-0.2, -0.15) is 0 Å². The molecule has 1 saturated heterocycles. The van der Waals surface area contributed by atoms with E-state index in [4.69, 9.17) is 0 Å². The van der Waals surface area contributed by atoms with E-state index in [0.717, 1.165) is 26.2 Å². The van der Waals surface area contributed by atoms with Gasteiger partial charge in [0, 0.05) is 12.1 Å². The molecule has 1 fully saturated rings. The lowest BCUT2D eigenvalue weighted by molar-refractivity contribution is -0.883. The zero-order valence-corrected chi connectivity index (χ0v) is 11.4. The number of piperazine rings is 1. The number of hydrogen-bond donors (Lipinski definition) is 1. The smallest absolute Gasteiger partial charge is 0.276 e. The Morgan fingerprint density at radius 3 is 2.65 bits per heavy atom. The van der Waals surface area contributed by atoms with Crippen molar-refractivity contribution in [2.24, 2.45) is 0 Å². The number of nitro benzene ring substituents is 1. The summed E-state index contributed by atoms with van der Waals surface area (Å²) in [5.74, 6) is -0.0874. The lowest BCUT2D eigenvalue weighted by Gasteiger charge is -2.29. The number of nitrogens with zero attached hydrogens (tertiary/aromatic N) is 2. The van der Waals surface area contributed by atoms with Gasteiger partial charge in [0.1, 0.15) is 0 Å². The zero-order chi connectivity index (χ0) is 14.5. The first-order valence-corrected chi connectivity index (χ1v) is 6.59. The van der Waals surface area contributed by atoms with Gasteiger partial charge in [-0.1, -0.05) is 12.1 Å². The lowest BCUT2D eigenvalue weighted by atomic mass is 10.1. The van der Waals surface area contributed by atoms with Crippen molar-refractivity contribution in [3.05, 3.63) is 46.0 Å². The molecule has 0 aromatic heterocycles. The third kappa shape index (κ3) is 3.42. The van der Waals surface area contributed by atoms with Crippen LogP contribution in [0.5, 0.6) is 0 Å². The number of carbonyl (C=O) groups excluding carboxylic acids is 1. The molecular weight excluding hydrogens is 258 g/mol. The average molecular weight is 276 g/mol. The van der Waals surface area contributed by atoms with E-state index in [0.29, 0.717) is 5.56 Å². The molecule has 0 aliphatic carbocycles. The minimum absolute atomic E-state index is 0.0133. The van der Waals surface area contributed by atoms with Gasteiger partial charge in [0.25, 0.3) is 5.69 Å². The summed E-state index contributed by atoms with van der Waals surface area (Å²) in [7, 11) is 2.10. The van der Waals surface area contributed by atoms with Gasteiger partial charge in [-0.15, -0.1) is 0 Å². The number of quaternary nitrogens is 1. The van der Waals surface area contributed by atoms with Crippen molar-refractivity contribution in [1.29, 1.82) is 0 Å². The highest BCUT2D eigenvalue weighted by atomic mass is 16.6. The van der Waals surface area contributed by atoms with Crippen LogP contribution in [0.1, 0.15) is 5.56 Å². The third-order valence-electron chi connectivity index (χ3n) is 3.47. The molecule has 0 bridgehead atoms. The molecule has 0 saturated carbocycles. The predicted molar refractivity (Wildman–Crippen MR) is 75.3 cm³/mol. The Morgan fingerprint density at radius 1 is 1.35 bits per heavy atom. The van der Waals surface area contributed by atoms with Gasteiger partial charge in [0.05, 0.1) is 43.7 Å². The van der Waals surface area contributed by atoms with Crippen molar-refractivity contribution in [2.75, 3.05) is 33.2 Å². The predicted octanol–water partition coefficient (Wildman–Crippen LogP) is -0.0351. The molecule has 20 heavy (non-hydrogen) atoms. The normalized spacial score (nSPS) is 16.6. The Labute approximate surface area is 117 Å². The molecule has 6 nitrogen and oxygen atoms in total. The first kappa shape index (κ1) is 14.2. The molecule has 1 aromatic carbocycles. The maximum atomic E-state index is 12.0. The van der Waals surface area contributed by atoms with Gasteiger partial charge in [-0.05, 0) is 12.1 Å². The molecule has 6 heteroatoms. The highest BCUT2D eigenvalue weighted by Crippen LogP contribution is 2.18. The molecule has 2 rings (SSSR count). The van der Waals surface area contributed by atoms with Crippen LogP contribution in [0.4, 0.5) is 5.69 Å².